The summed E-state index contributed by atoms with van der Waals surface area (Å²) >= 11 is 1.24. The Labute approximate surface area is 190 Å². The molecule has 0 radical (unpaired) electrons. The maximum atomic E-state index is 12.9. The highest BCUT2D eigenvalue weighted by Crippen LogP contribution is 2.38. The molecule has 0 aliphatic rings. The van der Waals surface area contributed by atoms with Crippen molar-refractivity contribution >= 4 is 28.6 Å². The van der Waals surface area contributed by atoms with Gasteiger partial charge in [0, 0.05) is 12.6 Å². The number of carbonyl (C=O) groups is 1. The first kappa shape index (κ1) is 23.5. The number of benzene rings is 2. The van der Waals surface area contributed by atoms with Crippen molar-refractivity contribution in [3.63, 3.8) is 0 Å². The van der Waals surface area contributed by atoms with Gasteiger partial charge < -0.3 is 19.5 Å². The highest BCUT2D eigenvalue weighted by molar-refractivity contribution is 7.99. The van der Waals surface area contributed by atoms with Gasteiger partial charge in [-0.25, -0.2) is 4.98 Å². The molecule has 0 atom stereocenters. The number of carbonyl (C=O) groups excluding carboxylic acids is 1. The van der Waals surface area contributed by atoms with E-state index in [0.29, 0.717) is 33.3 Å². The molecule has 0 saturated carbocycles. The van der Waals surface area contributed by atoms with Gasteiger partial charge in [-0.05, 0) is 43.7 Å². The van der Waals surface area contributed by atoms with Crippen molar-refractivity contribution in [1.82, 2.24) is 14.9 Å². The fraction of sp³-hybridized carbons (Fsp3) is 0.348. The third-order valence-corrected chi connectivity index (χ3v) is 5.79. The van der Waals surface area contributed by atoms with Crippen molar-refractivity contribution in [2.75, 3.05) is 27.1 Å². The lowest BCUT2D eigenvalue weighted by Crippen LogP contribution is -2.27. The van der Waals surface area contributed by atoms with E-state index in [4.69, 9.17) is 14.2 Å². The third kappa shape index (κ3) is 4.99. The lowest BCUT2D eigenvalue weighted by molar-refractivity contribution is -0.118. The van der Waals surface area contributed by atoms with Crippen LogP contribution in [0.1, 0.15) is 25.5 Å². The number of methoxy groups -OCH3 is 3. The molecular weight excluding hydrogens is 430 g/mol. The fourth-order valence-corrected chi connectivity index (χ4v) is 4.26. The Kier molecular flexibility index (Phi) is 7.63. The lowest BCUT2D eigenvalue weighted by Gasteiger charge is -2.16. The minimum atomic E-state index is -0.179. The molecule has 32 heavy (non-hydrogen) atoms. The van der Waals surface area contributed by atoms with Crippen molar-refractivity contribution in [1.29, 1.82) is 0 Å². The largest absolute Gasteiger partial charge is 0.493 e. The SMILES string of the molecule is COc1cc(CNC(=O)CSc2nc3ccccc3c(=O)n2C(C)C)cc(OC)c1OC. The molecule has 3 aromatic rings. The number of hydrogen-bond donors (Lipinski definition) is 1. The minimum absolute atomic E-state index is 0.0793. The number of amides is 1. The molecule has 0 aliphatic heterocycles. The van der Waals surface area contributed by atoms with E-state index in [9.17, 15) is 9.59 Å². The van der Waals surface area contributed by atoms with Crippen molar-refractivity contribution < 1.29 is 19.0 Å². The number of nitrogens with zero attached hydrogens (tertiary/aromatic N) is 2. The standard InChI is InChI=1S/C23H27N3O5S/c1-14(2)26-22(28)16-8-6-7-9-17(16)25-23(26)32-13-20(27)24-12-15-10-18(29-3)21(31-5)19(11-15)30-4/h6-11,14H,12-13H2,1-5H3,(H,24,27). The van der Waals surface area contributed by atoms with Gasteiger partial charge in [0.05, 0.1) is 38.0 Å². The van der Waals surface area contributed by atoms with E-state index in [1.54, 1.807) is 43.1 Å². The lowest BCUT2D eigenvalue weighted by atomic mass is 10.2. The molecule has 170 valence electrons. The summed E-state index contributed by atoms with van der Waals surface area (Å²) in [5.74, 6) is 1.48. The quantitative estimate of drug-likeness (QED) is 0.389. The van der Waals surface area contributed by atoms with Crippen LogP contribution in [0.2, 0.25) is 0 Å². The van der Waals surface area contributed by atoms with Crippen LogP contribution in [0.4, 0.5) is 0 Å². The fourth-order valence-electron chi connectivity index (χ4n) is 3.30. The molecule has 1 aromatic heterocycles. The summed E-state index contributed by atoms with van der Waals surface area (Å²) in [5.41, 5.74) is 1.32. The molecule has 8 nitrogen and oxygen atoms in total. The molecule has 1 amide bonds. The van der Waals surface area contributed by atoms with Crippen LogP contribution in [-0.2, 0) is 11.3 Å². The molecule has 9 heteroatoms. The second-order valence-corrected chi connectivity index (χ2v) is 8.22. The zero-order valence-corrected chi connectivity index (χ0v) is 19.6. The number of nitrogens with one attached hydrogen (secondary N) is 1. The zero-order valence-electron chi connectivity index (χ0n) is 18.8. The van der Waals surface area contributed by atoms with Crippen LogP contribution in [0.15, 0.2) is 46.3 Å². The predicted octanol–water partition coefficient (Wildman–Crippen LogP) is 3.41. The molecule has 0 spiro atoms. The van der Waals surface area contributed by atoms with Gasteiger partial charge in [0.15, 0.2) is 16.7 Å². The average molecular weight is 458 g/mol. The maximum absolute atomic E-state index is 12.9. The van der Waals surface area contributed by atoms with Crippen molar-refractivity contribution in [2.24, 2.45) is 0 Å². The summed E-state index contributed by atoms with van der Waals surface area (Å²) in [6, 6.07) is 10.7. The van der Waals surface area contributed by atoms with Crippen LogP contribution in [0.25, 0.3) is 10.9 Å². The zero-order chi connectivity index (χ0) is 23.3. The summed E-state index contributed by atoms with van der Waals surface area (Å²) in [5, 5.41) is 3.97. The van der Waals surface area contributed by atoms with Gasteiger partial charge in [-0.15, -0.1) is 0 Å². The summed E-state index contributed by atoms with van der Waals surface area (Å²) in [7, 11) is 4.62. The smallest absolute Gasteiger partial charge is 0.262 e. The third-order valence-electron chi connectivity index (χ3n) is 4.84. The molecule has 0 fully saturated rings. The first-order valence-electron chi connectivity index (χ1n) is 10.1. The molecule has 0 unspecified atom stereocenters. The van der Waals surface area contributed by atoms with Crippen LogP contribution in [-0.4, -0.2) is 42.5 Å². The number of hydrogen-bond acceptors (Lipinski definition) is 7. The molecule has 1 N–H and O–H groups in total. The normalized spacial score (nSPS) is 10.9. The van der Waals surface area contributed by atoms with Gasteiger partial charge in [-0.2, -0.15) is 0 Å². The predicted molar refractivity (Wildman–Crippen MR) is 125 cm³/mol. The number of rotatable bonds is 9. The molecule has 0 aliphatic carbocycles. The number of ether oxygens (including phenoxy) is 3. The van der Waals surface area contributed by atoms with Gasteiger partial charge in [-0.3, -0.25) is 14.2 Å². The topological polar surface area (TPSA) is 91.7 Å². The monoisotopic (exact) mass is 457 g/mol. The Morgan fingerprint density at radius 2 is 1.75 bits per heavy atom. The van der Waals surface area contributed by atoms with E-state index in [-0.39, 0.29) is 29.8 Å². The van der Waals surface area contributed by atoms with Gasteiger partial charge in [0.1, 0.15) is 0 Å². The Morgan fingerprint density at radius 1 is 1.09 bits per heavy atom. The Bertz CT molecular complexity index is 1150. The average Bonchev–Trinajstić information content (AvgIpc) is 2.80. The van der Waals surface area contributed by atoms with Crippen LogP contribution >= 0.6 is 11.8 Å². The molecular formula is C23H27N3O5S. The van der Waals surface area contributed by atoms with Crippen molar-refractivity contribution in [3.05, 3.63) is 52.3 Å². The van der Waals surface area contributed by atoms with Crippen LogP contribution in [0.5, 0.6) is 17.2 Å². The van der Waals surface area contributed by atoms with E-state index in [2.05, 4.69) is 10.3 Å². The Hall–Kier alpha value is -3.20. The van der Waals surface area contributed by atoms with Gasteiger partial charge in [0.2, 0.25) is 11.7 Å². The number of aromatic nitrogens is 2. The van der Waals surface area contributed by atoms with Crippen molar-refractivity contribution in [2.45, 2.75) is 31.6 Å². The van der Waals surface area contributed by atoms with E-state index in [1.807, 2.05) is 26.0 Å². The van der Waals surface area contributed by atoms with Gasteiger partial charge in [-0.1, -0.05) is 23.9 Å². The maximum Gasteiger partial charge on any atom is 0.262 e. The van der Waals surface area contributed by atoms with E-state index < -0.39 is 0 Å². The summed E-state index contributed by atoms with van der Waals surface area (Å²) in [6.07, 6.45) is 0. The first-order valence-corrected chi connectivity index (χ1v) is 11.1. The molecule has 2 aromatic carbocycles. The Morgan fingerprint density at radius 3 is 2.34 bits per heavy atom. The highest BCUT2D eigenvalue weighted by atomic mass is 32.2. The summed E-state index contributed by atoms with van der Waals surface area (Å²) in [6.45, 7) is 4.14. The number of para-hydroxylation sites is 1. The van der Waals surface area contributed by atoms with Gasteiger partial charge in [0.25, 0.3) is 5.56 Å². The molecule has 1 heterocycles. The molecule has 0 bridgehead atoms. The van der Waals surface area contributed by atoms with Gasteiger partial charge >= 0.3 is 0 Å². The Balaban J connectivity index is 1.73. The molecule has 0 saturated heterocycles. The minimum Gasteiger partial charge on any atom is -0.493 e. The van der Waals surface area contributed by atoms with E-state index in [0.717, 1.165) is 5.56 Å². The van der Waals surface area contributed by atoms with Crippen LogP contribution < -0.4 is 25.1 Å². The summed E-state index contributed by atoms with van der Waals surface area (Å²) in [4.78, 5) is 30.0. The highest BCUT2D eigenvalue weighted by Gasteiger charge is 2.16. The first-order chi connectivity index (χ1) is 15.4. The van der Waals surface area contributed by atoms with E-state index >= 15 is 0 Å². The number of thioether (sulfide) groups is 1. The van der Waals surface area contributed by atoms with Crippen molar-refractivity contribution in [3.8, 4) is 17.2 Å². The number of fused-ring (bicyclic) bond motifs is 1. The molecule has 3 rings (SSSR count). The second-order valence-electron chi connectivity index (χ2n) is 7.28. The summed E-state index contributed by atoms with van der Waals surface area (Å²) < 4.78 is 17.6. The second kappa shape index (κ2) is 10.4. The van der Waals surface area contributed by atoms with Crippen LogP contribution in [0.3, 0.4) is 0 Å². The van der Waals surface area contributed by atoms with E-state index in [1.165, 1.54) is 18.9 Å². The van der Waals surface area contributed by atoms with Crippen LogP contribution in [0, 0.1) is 0 Å².